The molecule has 0 spiro atoms. The van der Waals surface area contributed by atoms with E-state index in [1.54, 1.807) is 24.3 Å². The molecule has 14 nitrogen and oxygen atoms in total. The molecule has 0 saturated carbocycles. The van der Waals surface area contributed by atoms with Crippen molar-refractivity contribution in [1.82, 2.24) is 19.9 Å². The Bertz CT molecular complexity index is 2980. The zero-order valence-corrected chi connectivity index (χ0v) is 35.1. The van der Waals surface area contributed by atoms with Gasteiger partial charge in [-0.2, -0.15) is 0 Å². The standard InChI is InChI=1S/C48H44N6O8/c1-27-35(15-13-31-9-7-11-33(21-31)53(57)58)43-24-41-28(2)36(16-14-32-10-8-12-34(22-32)54(59)60)44(51-41)25-42-30(4)38(18-20-48(56)62-6)46(52-42)26-45-37(17-19-47(55)61-5)29(3)40(50-45)23-39(27)49-43/h7-16,21-26,49,52H,17-20H2,1-6H3/b15-13+,16-14+,39-23?,40-23?,41-24?,42-25?,43-24?,44-25?,45-26?,46-26?. The molecule has 0 atom stereocenters. The van der Waals surface area contributed by atoms with Crippen LogP contribution < -0.4 is 0 Å². The second-order valence-corrected chi connectivity index (χ2v) is 15.1. The molecule has 314 valence electrons. The summed E-state index contributed by atoms with van der Waals surface area (Å²) in [4.78, 5) is 64.6. The Labute approximate surface area is 356 Å². The predicted octanol–water partition coefficient (Wildman–Crippen LogP) is 10.6. The van der Waals surface area contributed by atoms with Gasteiger partial charge in [-0.1, -0.05) is 48.6 Å². The zero-order chi connectivity index (χ0) is 44.2. The van der Waals surface area contributed by atoms with Gasteiger partial charge in [0.1, 0.15) is 0 Å². The van der Waals surface area contributed by atoms with Gasteiger partial charge in [0, 0.05) is 70.3 Å². The lowest BCUT2D eigenvalue weighted by Crippen LogP contribution is -2.02. The number of fused-ring (bicyclic) bond motifs is 8. The third-order valence-electron chi connectivity index (χ3n) is 11.3. The predicted molar refractivity (Wildman–Crippen MR) is 241 cm³/mol. The molecule has 0 unspecified atom stereocenters. The molecule has 5 aromatic rings. The maximum atomic E-state index is 12.4. The van der Waals surface area contributed by atoms with Gasteiger partial charge in [-0.25, -0.2) is 9.97 Å². The molecule has 0 aliphatic carbocycles. The average molecular weight is 833 g/mol. The number of nitro groups is 2. The Morgan fingerprint density at radius 1 is 0.613 bits per heavy atom. The van der Waals surface area contributed by atoms with Gasteiger partial charge in [0.2, 0.25) is 0 Å². The van der Waals surface area contributed by atoms with Crippen LogP contribution in [0.25, 0.3) is 62.6 Å². The monoisotopic (exact) mass is 832 g/mol. The Hall–Kier alpha value is -7.74. The van der Waals surface area contributed by atoms with E-state index in [-0.39, 0.29) is 36.2 Å². The number of H-pyrrole nitrogens is 2. The minimum absolute atomic E-state index is 0.0181. The highest BCUT2D eigenvalue weighted by Gasteiger charge is 2.22. The van der Waals surface area contributed by atoms with Crippen LogP contribution in [0.3, 0.4) is 0 Å². The molecule has 7 rings (SSSR count). The van der Waals surface area contributed by atoms with Crippen LogP contribution in [0.2, 0.25) is 0 Å². The van der Waals surface area contributed by atoms with Gasteiger partial charge in [0.15, 0.2) is 0 Å². The van der Waals surface area contributed by atoms with Gasteiger partial charge in [0.05, 0.1) is 46.8 Å². The number of nitrogens with one attached hydrogen (secondary N) is 2. The third kappa shape index (κ3) is 8.89. The number of rotatable bonds is 12. The lowest BCUT2D eigenvalue weighted by molar-refractivity contribution is -0.385. The molecule has 0 fully saturated rings. The van der Waals surface area contributed by atoms with E-state index in [1.165, 1.54) is 38.5 Å². The smallest absolute Gasteiger partial charge is 0.305 e. The fourth-order valence-corrected chi connectivity index (χ4v) is 7.71. The van der Waals surface area contributed by atoms with Gasteiger partial charge >= 0.3 is 11.9 Å². The lowest BCUT2D eigenvalue weighted by atomic mass is 10.00. The van der Waals surface area contributed by atoms with Crippen molar-refractivity contribution in [3.05, 3.63) is 155 Å². The molecule has 2 aliphatic heterocycles. The van der Waals surface area contributed by atoms with Crippen molar-refractivity contribution in [2.24, 2.45) is 0 Å². The van der Waals surface area contributed by atoms with Crippen molar-refractivity contribution in [3.63, 3.8) is 0 Å². The van der Waals surface area contributed by atoms with Crippen molar-refractivity contribution in [2.45, 2.75) is 53.4 Å². The van der Waals surface area contributed by atoms with Gasteiger partial charge in [0.25, 0.3) is 11.4 Å². The maximum absolute atomic E-state index is 12.4. The number of esters is 2. The molecule has 2 N–H and O–H groups in total. The van der Waals surface area contributed by atoms with E-state index in [4.69, 9.17) is 19.4 Å². The number of carbonyl (C=O) groups is 2. The van der Waals surface area contributed by atoms with Crippen LogP contribution in [0.1, 0.15) is 89.3 Å². The number of carbonyl (C=O) groups excluding carboxylic acids is 2. The molecular formula is C48H44N6O8. The van der Waals surface area contributed by atoms with Crippen LogP contribution in [0.4, 0.5) is 11.4 Å². The largest absolute Gasteiger partial charge is 0.469 e. The molecule has 62 heavy (non-hydrogen) atoms. The Kier molecular flexibility index (Phi) is 12.2. The first-order valence-corrected chi connectivity index (χ1v) is 19.9. The first-order valence-electron chi connectivity index (χ1n) is 19.9. The molecule has 0 saturated heterocycles. The first kappa shape index (κ1) is 42.4. The molecule has 2 aromatic carbocycles. The highest BCUT2D eigenvalue weighted by Crippen LogP contribution is 2.37. The fraction of sp³-hybridized carbons (Fsp3) is 0.208. The minimum Gasteiger partial charge on any atom is -0.469 e. The second kappa shape index (κ2) is 17.9. The highest BCUT2D eigenvalue weighted by atomic mass is 16.6. The van der Waals surface area contributed by atoms with Crippen molar-refractivity contribution in [2.75, 3.05) is 14.2 Å². The fourth-order valence-electron chi connectivity index (χ4n) is 7.71. The molecule has 8 bridgehead atoms. The van der Waals surface area contributed by atoms with Gasteiger partial charge in [-0.05, 0) is 109 Å². The Morgan fingerprint density at radius 3 is 1.76 bits per heavy atom. The van der Waals surface area contributed by atoms with Crippen LogP contribution in [-0.2, 0) is 25.5 Å². The minimum atomic E-state index is -0.430. The van der Waals surface area contributed by atoms with E-state index in [2.05, 4.69) is 9.97 Å². The number of benzene rings is 2. The Balaban J connectivity index is 1.53. The molecular weight excluding hydrogens is 789 g/mol. The van der Waals surface area contributed by atoms with Gasteiger partial charge in [-0.3, -0.25) is 29.8 Å². The molecule has 5 heterocycles. The topological polar surface area (TPSA) is 196 Å². The van der Waals surface area contributed by atoms with Crippen molar-refractivity contribution in [3.8, 4) is 0 Å². The second-order valence-electron chi connectivity index (χ2n) is 15.1. The van der Waals surface area contributed by atoms with Crippen molar-refractivity contribution >= 4 is 85.9 Å². The van der Waals surface area contributed by atoms with Crippen LogP contribution in [0, 0.1) is 34.1 Å². The van der Waals surface area contributed by atoms with Crippen LogP contribution in [-0.4, -0.2) is 55.9 Å². The number of aromatic amines is 2. The molecule has 0 amide bonds. The van der Waals surface area contributed by atoms with Crippen molar-refractivity contribution in [1.29, 1.82) is 0 Å². The number of hydrogen-bond donors (Lipinski definition) is 2. The molecule has 0 radical (unpaired) electrons. The average Bonchev–Trinajstić information content (AvgIpc) is 3.92. The summed E-state index contributed by atoms with van der Waals surface area (Å²) in [5.41, 5.74) is 13.8. The number of hydrogen-bond acceptors (Lipinski definition) is 10. The van der Waals surface area contributed by atoms with Crippen LogP contribution in [0.15, 0.2) is 78.9 Å². The number of nitro benzene ring substituents is 2. The van der Waals surface area contributed by atoms with E-state index in [9.17, 15) is 29.8 Å². The normalized spacial score (nSPS) is 12.7. The summed E-state index contributed by atoms with van der Waals surface area (Å²) in [5, 5.41) is 23.2. The third-order valence-corrected chi connectivity index (χ3v) is 11.3. The Morgan fingerprint density at radius 2 is 1.13 bits per heavy atom. The van der Waals surface area contributed by atoms with E-state index < -0.39 is 9.85 Å². The maximum Gasteiger partial charge on any atom is 0.305 e. The first-order chi connectivity index (χ1) is 29.7. The summed E-state index contributed by atoms with van der Waals surface area (Å²) < 4.78 is 9.99. The lowest BCUT2D eigenvalue weighted by Gasteiger charge is -2.04. The van der Waals surface area contributed by atoms with E-state index in [1.807, 2.05) is 76.3 Å². The molecule has 2 aliphatic rings. The zero-order valence-electron chi connectivity index (χ0n) is 35.1. The summed E-state index contributed by atoms with van der Waals surface area (Å²) in [6.07, 6.45) is 8.52. The quantitative estimate of drug-likeness (QED) is 0.0693. The van der Waals surface area contributed by atoms with E-state index in [0.29, 0.717) is 46.7 Å². The molecule has 14 heteroatoms. The van der Waals surface area contributed by atoms with Crippen LogP contribution >= 0.6 is 0 Å². The van der Waals surface area contributed by atoms with Gasteiger partial charge in [-0.15, -0.1) is 0 Å². The summed E-state index contributed by atoms with van der Waals surface area (Å²) in [7, 11) is 2.72. The summed E-state index contributed by atoms with van der Waals surface area (Å²) in [6.45, 7) is 7.91. The van der Waals surface area contributed by atoms with E-state index >= 15 is 0 Å². The highest BCUT2D eigenvalue weighted by molar-refractivity contribution is 6.00. The number of nitrogens with zero attached hydrogens (tertiary/aromatic N) is 4. The van der Waals surface area contributed by atoms with Gasteiger partial charge < -0.3 is 19.4 Å². The summed E-state index contributed by atoms with van der Waals surface area (Å²) >= 11 is 0. The number of allylic oxidation sites excluding steroid dienone is 5. The van der Waals surface area contributed by atoms with E-state index in [0.717, 1.165) is 66.6 Å². The number of non-ortho nitro benzene ring substituents is 2. The number of aryl methyl sites for hydroxylation is 3. The number of methoxy groups -OCH3 is 2. The van der Waals surface area contributed by atoms with Crippen LogP contribution in [0.5, 0.6) is 0 Å². The SMILES string of the molecule is COC(=O)CCC1=C(C)c2cc3[nH]c(cc4nc(cc5[nH]c(cc1n2)c(CCC(=O)OC)c5C)C(/C=C/c1cccc([N+](=O)[O-])c1)=C4C)c(/C=C/c1cccc([N+](=O)[O-])c1)c3C. The van der Waals surface area contributed by atoms with Crippen molar-refractivity contribution < 1.29 is 28.9 Å². The molecule has 3 aromatic heterocycles. The summed E-state index contributed by atoms with van der Waals surface area (Å²) in [5.74, 6) is -0.695. The summed E-state index contributed by atoms with van der Waals surface area (Å²) in [6, 6.07) is 20.6. The number of ether oxygens (including phenoxy) is 2. The number of aromatic nitrogens is 4.